The molecule has 9 nitrogen and oxygen atoms in total. The Bertz CT molecular complexity index is 867. The first-order valence-corrected chi connectivity index (χ1v) is 9.21. The third kappa shape index (κ3) is 5.84. The molecule has 1 aromatic carbocycles. The van der Waals surface area contributed by atoms with Gasteiger partial charge < -0.3 is 30.7 Å². The molecule has 2 heterocycles. The van der Waals surface area contributed by atoms with E-state index < -0.39 is 36.1 Å². The van der Waals surface area contributed by atoms with Gasteiger partial charge in [-0.15, -0.1) is 0 Å². The quantitative estimate of drug-likeness (QED) is 0.462. The minimum absolute atomic E-state index is 0.124. The highest BCUT2D eigenvalue weighted by Crippen LogP contribution is 2.32. The number of carbonyl (C=O) groups is 2. The van der Waals surface area contributed by atoms with Gasteiger partial charge in [0.05, 0.1) is 12.5 Å². The van der Waals surface area contributed by atoms with Gasteiger partial charge in [-0.25, -0.2) is 18.9 Å². The fourth-order valence-electron chi connectivity index (χ4n) is 2.94. The predicted octanol–water partition coefficient (Wildman–Crippen LogP) is 0.570. The van der Waals surface area contributed by atoms with E-state index in [4.69, 9.17) is 38.0 Å². The molecule has 1 unspecified atom stereocenters. The Labute approximate surface area is 175 Å². The molecule has 0 saturated carbocycles. The number of carboxylic acid groups (broad SMARTS) is 2. The van der Waals surface area contributed by atoms with E-state index in [9.17, 15) is 18.4 Å². The zero-order chi connectivity index (χ0) is 22.4. The monoisotopic (exact) mass is 444 g/mol. The summed E-state index contributed by atoms with van der Waals surface area (Å²) in [5.74, 6) is -4.00. The summed E-state index contributed by atoms with van der Waals surface area (Å²) in [4.78, 5) is 21.3. The van der Waals surface area contributed by atoms with Crippen LogP contribution in [0.15, 0.2) is 24.0 Å². The molecular formula is C18H20F2N3O6S. The molecule has 1 radical (unpaired) electrons. The second kappa shape index (κ2) is 10.3. The standard InChI is InChI=1S/C14H14F2N3OS.C4H6O5/c15-9-3-8-4-11(7-20-13(8)12(16)5-9)19-10(1-2-17)6-18-14(19)21;5-2(4(8)9)1-3(6)7/h3,5-6,11H,1-2,4,7,17H2;2,5H,1H2,(H,6,7)(H,8,9)/t;2-/m.1/s1. The van der Waals surface area contributed by atoms with Crippen molar-refractivity contribution in [3.05, 3.63) is 41.2 Å². The number of aliphatic carboxylic acids is 2. The van der Waals surface area contributed by atoms with Crippen molar-refractivity contribution >= 4 is 29.3 Å². The summed E-state index contributed by atoms with van der Waals surface area (Å²) in [6.45, 7) is 0.751. The molecule has 0 aliphatic carbocycles. The third-order valence-electron chi connectivity index (χ3n) is 4.22. The summed E-state index contributed by atoms with van der Waals surface area (Å²) < 4.78 is 32.5. The number of hydrogen-bond acceptors (Lipinski definition) is 6. The van der Waals surface area contributed by atoms with E-state index in [1.807, 2.05) is 4.90 Å². The average Bonchev–Trinajstić information content (AvgIpc) is 3.01. The normalized spacial score (nSPS) is 18.3. The lowest BCUT2D eigenvalue weighted by molar-refractivity contribution is -0.152. The van der Waals surface area contributed by atoms with Gasteiger partial charge in [0, 0.05) is 36.4 Å². The summed E-state index contributed by atoms with van der Waals surface area (Å²) in [5, 5.41) is 28.7. The van der Waals surface area contributed by atoms with Gasteiger partial charge in [0.15, 0.2) is 22.8 Å². The molecule has 12 heteroatoms. The Hall–Kier alpha value is -2.83. The summed E-state index contributed by atoms with van der Waals surface area (Å²) >= 11 is 5.23. The molecule has 30 heavy (non-hydrogen) atoms. The van der Waals surface area contributed by atoms with E-state index in [1.165, 1.54) is 6.07 Å². The number of halogens is 2. The maximum atomic E-state index is 13.7. The van der Waals surface area contributed by atoms with Crippen molar-refractivity contribution in [1.29, 1.82) is 0 Å². The first-order valence-electron chi connectivity index (χ1n) is 8.80. The number of aliphatic hydroxyl groups excluding tert-OH is 1. The second-order valence-electron chi connectivity index (χ2n) is 6.44. The Kier molecular flexibility index (Phi) is 8.03. The Morgan fingerprint density at radius 2 is 2.07 bits per heavy atom. The molecule has 0 amide bonds. The number of benzene rings is 1. The zero-order valence-electron chi connectivity index (χ0n) is 15.6. The van der Waals surface area contributed by atoms with Crippen LogP contribution in [0, 0.1) is 11.6 Å². The van der Waals surface area contributed by atoms with Crippen molar-refractivity contribution in [2.45, 2.75) is 31.4 Å². The fourth-order valence-corrected chi connectivity index (χ4v) is 3.26. The maximum Gasteiger partial charge on any atom is 0.333 e. The van der Waals surface area contributed by atoms with Gasteiger partial charge in [0.1, 0.15) is 12.4 Å². The number of thiocarbonyl (C=S) groups is 1. The van der Waals surface area contributed by atoms with Gasteiger partial charge >= 0.3 is 11.9 Å². The molecule has 0 aromatic heterocycles. The van der Waals surface area contributed by atoms with Gasteiger partial charge in [-0.05, 0) is 24.8 Å². The molecule has 2 atom stereocenters. The number of nitrogens with zero attached hydrogens (tertiary/aromatic N) is 2. The van der Waals surface area contributed by atoms with Gasteiger partial charge in [-0.2, -0.15) is 0 Å². The lowest BCUT2D eigenvalue weighted by atomic mass is 10.0. The number of nitrogens with two attached hydrogens (primary N) is 1. The van der Waals surface area contributed by atoms with E-state index in [0.29, 0.717) is 30.1 Å². The molecule has 2 aliphatic rings. The second-order valence-corrected chi connectivity index (χ2v) is 6.80. The molecule has 3 rings (SSSR count). The lowest BCUT2D eigenvalue weighted by Gasteiger charge is -2.34. The number of aliphatic hydroxyl groups is 1. The van der Waals surface area contributed by atoms with E-state index in [0.717, 1.165) is 11.8 Å². The van der Waals surface area contributed by atoms with Crippen molar-refractivity contribution in [3.8, 4) is 5.75 Å². The maximum absolute atomic E-state index is 13.7. The molecule has 163 valence electrons. The molecular weight excluding hydrogens is 424 g/mol. The molecule has 0 fully saturated rings. The zero-order valence-corrected chi connectivity index (χ0v) is 16.4. The van der Waals surface area contributed by atoms with Crippen LogP contribution in [-0.4, -0.2) is 62.6 Å². The SMILES string of the molecule is NCCC1=C[N]C(=S)N1C1COc2c(F)cc(F)cc2C1.O=C(O)C[C@@H](O)C(=O)O. The van der Waals surface area contributed by atoms with Crippen LogP contribution >= 0.6 is 12.2 Å². The highest BCUT2D eigenvalue weighted by Gasteiger charge is 2.33. The van der Waals surface area contributed by atoms with Gasteiger partial charge in [0.25, 0.3) is 0 Å². The Morgan fingerprint density at radius 1 is 1.37 bits per heavy atom. The smallest absolute Gasteiger partial charge is 0.333 e. The number of carboxylic acids is 2. The lowest BCUT2D eigenvalue weighted by Crippen LogP contribution is -2.44. The van der Waals surface area contributed by atoms with Crippen LogP contribution in [0.3, 0.4) is 0 Å². The van der Waals surface area contributed by atoms with Crippen LogP contribution in [0.1, 0.15) is 18.4 Å². The minimum atomic E-state index is -1.79. The Balaban J connectivity index is 0.000000303. The van der Waals surface area contributed by atoms with Crippen molar-refractivity contribution < 1.29 is 38.4 Å². The molecule has 5 N–H and O–H groups in total. The van der Waals surface area contributed by atoms with Crippen LogP contribution in [0.2, 0.25) is 0 Å². The number of fused-ring (bicyclic) bond motifs is 1. The third-order valence-corrected chi connectivity index (χ3v) is 4.52. The molecule has 0 saturated heterocycles. The minimum Gasteiger partial charge on any atom is -0.488 e. The van der Waals surface area contributed by atoms with Crippen LogP contribution in [0.25, 0.3) is 0 Å². The van der Waals surface area contributed by atoms with Crippen molar-refractivity contribution in [3.63, 3.8) is 0 Å². The van der Waals surface area contributed by atoms with Crippen molar-refractivity contribution in [2.24, 2.45) is 5.73 Å². The molecule has 2 aliphatic heterocycles. The summed E-state index contributed by atoms with van der Waals surface area (Å²) in [6.07, 6.45) is 0.237. The highest BCUT2D eigenvalue weighted by atomic mass is 32.1. The molecule has 0 bridgehead atoms. The van der Waals surface area contributed by atoms with E-state index in [1.54, 1.807) is 6.20 Å². The van der Waals surface area contributed by atoms with Crippen molar-refractivity contribution in [2.75, 3.05) is 13.2 Å². The van der Waals surface area contributed by atoms with Gasteiger partial charge in [-0.1, -0.05) is 0 Å². The molecule has 0 spiro atoms. The summed E-state index contributed by atoms with van der Waals surface area (Å²) in [6, 6.07) is 2.00. The first-order chi connectivity index (χ1) is 14.1. The van der Waals surface area contributed by atoms with Gasteiger partial charge in [0.2, 0.25) is 0 Å². The van der Waals surface area contributed by atoms with E-state index in [-0.39, 0.29) is 18.4 Å². The van der Waals surface area contributed by atoms with Crippen LogP contribution < -0.4 is 15.8 Å². The highest BCUT2D eigenvalue weighted by molar-refractivity contribution is 7.80. The predicted molar refractivity (Wildman–Crippen MR) is 104 cm³/mol. The molecule has 1 aromatic rings. The van der Waals surface area contributed by atoms with E-state index in [2.05, 4.69) is 5.32 Å². The Morgan fingerprint density at radius 3 is 2.63 bits per heavy atom. The number of rotatable bonds is 6. The van der Waals surface area contributed by atoms with Crippen LogP contribution in [0.4, 0.5) is 8.78 Å². The van der Waals surface area contributed by atoms with Crippen LogP contribution in [-0.2, 0) is 16.0 Å². The summed E-state index contributed by atoms with van der Waals surface area (Å²) in [7, 11) is 0. The average molecular weight is 444 g/mol. The first kappa shape index (κ1) is 23.4. The van der Waals surface area contributed by atoms with E-state index >= 15 is 0 Å². The van der Waals surface area contributed by atoms with Gasteiger partial charge in [-0.3, -0.25) is 4.79 Å². The summed E-state index contributed by atoms with van der Waals surface area (Å²) in [5.41, 5.74) is 7.00. The number of ether oxygens (including phenoxy) is 1. The van der Waals surface area contributed by atoms with Crippen molar-refractivity contribution in [1.82, 2.24) is 10.2 Å². The fraction of sp³-hybridized carbons (Fsp3) is 0.389. The topological polar surface area (TPSA) is 147 Å². The number of hydrogen-bond donors (Lipinski definition) is 4. The largest absolute Gasteiger partial charge is 0.488 e. The van der Waals surface area contributed by atoms with Crippen LogP contribution in [0.5, 0.6) is 5.75 Å².